The maximum Gasteiger partial charge on any atom is 0.365 e. The molecule has 5 nitrogen and oxygen atoms in total. The summed E-state index contributed by atoms with van der Waals surface area (Å²) >= 11 is 0.966. The number of hydrogen-bond donors (Lipinski definition) is 1. The maximum absolute atomic E-state index is 12.9. The summed E-state index contributed by atoms with van der Waals surface area (Å²) in [4.78, 5) is 27.9. The molecule has 0 atom stereocenters. The van der Waals surface area contributed by atoms with Gasteiger partial charge in [-0.05, 0) is 17.7 Å². The standard InChI is InChI=1S/C15H11FN2O3S/c1-18-7-9(6-8-2-4-10(16)5-3-8)12(19)11-14(18)22-13(17-11)15(20)21/h2-5,7H,6H2,1H3,(H,20,21). The molecule has 0 aliphatic carbocycles. The molecule has 0 amide bonds. The Morgan fingerprint density at radius 2 is 2.05 bits per heavy atom. The van der Waals surface area contributed by atoms with Gasteiger partial charge in [0.25, 0.3) is 0 Å². The van der Waals surface area contributed by atoms with Gasteiger partial charge in [0.2, 0.25) is 10.4 Å². The summed E-state index contributed by atoms with van der Waals surface area (Å²) in [6, 6.07) is 5.90. The van der Waals surface area contributed by atoms with Crippen molar-refractivity contribution >= 4 is 27.7 Å². The minimum atomic E-state index is -1.15. The van der Waals surface area contributed by atoms with Gasteiger partial charge in [-0.25, -0.2) is 14.2 Å². The Morgan fingerprint density at radius 1 is 1.36 bits per heavy atom. The molecule has 0 radical (unpaired) electrons. The van der Waals surface area contributed by atoms with Crippen LogP contribution in [0.25, 0.3) is 10.3 Å². The summed E-state index contributed by atoms with van der Waals surface area (Å²) < 4.78 is 14.6. The number of carbonyl (C=O) groups is 1. The quantitative estimate of drug-likeness (QED) is 0.805. The Kier molecular flexibility index (Phi) is 3.50. The molecule has 0 unspecified atom stereocenters. The van der Waals surface area contributed by atoms with E-state index in [1.807, 2.05) is 0 Å². The Bertz CT molecular complexity index is 928. The molecular formula is C15H11FN2O3S. The van der Waals surface area contributed by atoms with Crippen LogP contribution in [-0.2, 0) is 13.5 Å². The lowest BCUT2D eigenvalue weighted by molar-refractivity contribution is 0.0696. The van der Waals surface area contributed by atoms with Crippen molar-refractivity contribution in [2.75, 3.05) is 0 Å². The molecule has 0 spiro atoms. The number of fused-ring (bicyclic) bond motifs is 1. The number of nitrogens with zero attached hydrogens (tertiary/aromatic N) is 2. The predicted octanol–water partition coefficient (Wildman–Crippen LogP) is 2.42. The van der Waals surface area contributed by atoms with E-state index in [-0.39, 0.29) is 21.8 Å². The molecule has 7 heteroatoms. The summed E-state index contributed by atoms with van der Waals surface area (Å²) in [5, 5.41) is 8.89. The zero-order valence-corrected chi connectivity index (χ0v) is 12.4. The van der Waals surface area contributed by atoms with E-state index >= 15 is 0 Å². The minimum absolute atomic E-state index is 0.110. The molecule has 2 heterocycles. The molecule has 0 fully saturated rings. The number of carboxylic acids is 1. The van der Waals surface area contributed by atoms with Gasteiger partial charge in [0.15, 0.2) is 0 Å². The molecule has 3 aromatic rings. The number of aromatic nitrogens is 2. The van der Waals surface area contributed by atoms with Gasteiger partial charge in [0.1, 0.15) is 16.2 Å². The van der Waals surface area contributed by atoms with Crippen molar-refractivity contribution in [3.63, 3.8) is 0 Å². The van der Waals surface area contributed by atoms with Gasteiger partial charge in [0, 0.05) is 25.2 Å². The first-order chi connectivity index (χ1) is 10.5. The Labute approximate surface area is 128 Å². The summed E-state index contributed by atoms with van der Waals surface area (Å²) in [7, 11) is 1.74. The van der Waals surface area contributed by atoms with Crippen LogP contribution in [0, 0.1) is 5.82 Å². The van der Waals surface area contributed by atoms with Crippen LogP contribution in [0.4, 0.5) is 4.39 Å². The number of rotatable bonds is 3. The predicted molar refractivity (Wildman–Crippen MR) is 81.0 cm³/mol. The van der Waals surface area contributed by atoms with Crippen LogP contribution in [0.15, 0.2) is 35.3 Å². The molecule has 2 aromatic heterocycles. The second-order valence-electron chi connectivity index (χ2n) is 4.88. The highest BCUT2D eigenvalue weighted by Crippen LogP contribution is 2.20. The number of aryl methyl sites for hydroxylation is 1. The Balaban J connectivity index is 2.10. The highest BCUT2D eigenvalue weighted by molar-refractivity contribution is 7.19. The number of pyridine rings is 1. The fourth-order valence-electron chi connectivity index (χ4n) is 2.24. The van der Waals surface area contributed by atoms with E-state index in [0.717, 1.165) is 16.9 Å². The Morgan fingerprint density at radius 3 is 2.68 bits per heavy atom. The highest BCUT2D eigenvalue weighted by atomic mass is 32.1. The van der Waals surface area contributed by atoms with Crippen LogP contribution in [-0.4, -0.2) is 20.6 Å². The van der Waals surface area contributed by atoms with Crippen LogP contribution < -0.4 is 5.43 Å². The SMILES string of the molecule is Cn1cc(Cc2ccc(F)cc2)c(=O)c2nc(C(=O)O)sc21. The second kappa shape index (κ2) is 5.34. The van der Waals surface area contributed by atoms with Crippen LogP contribution in [0.3, 0.4) is 0 Å². The molecule has 0 bridgehead atoms. The van der Waals surface area contributed by atoms with Crippen molar-refractivity contribution in [3.05, 3.63) is 62.6 Å². The molecule has 3 rings (SSSR count). The molecule has 0 aliphatic heterocycles. The zero-order chi connectivity index (χ0) is 15.9. The van der Waals surface area contributed by atoms with Gasteiger partial charge in [-0.2, -0.15) is 0 Å². The summed E-state index contributed by atoms with van der Waals surface area (Å²) in [5.74, 6) is -1.49. The van der Waals surface area contributed by atoms with Gasteiger partial charge in [0.05, 0.1) is 0 Å². The monoisotopic (exact) mass is 318 g/mol. The third kappa shape index (κ3) is 2.50. The van der Waals surface area contributed by atoms with E-state index in [0.29, 0.717) is 16.8 Å². The number of thiazole rings is 1. The number of halogens is 1. The fourth-order valence-corrected chi connectivity index (χ4v) is 3.08. The summed E-state index contributed by atoms with van der Waals surface area (Å²) in [6.45, 7) is 0. The first kappa shape index (κ1) is 14.4. The van der Waals surface area contributed by atoms with E-state index in [1.54, 1.807) is 29.9 Å². The van der Waals surface area contributed by atoms with Gasteiger partial charge in [-0.1, -0.05) is 23.5 Å². The summed E-state index contributed by atoms with van der Waals surface area (Å²) in [5.41, 5.74) is 1.15. The number of aromatic carboxylic acids is 1. The van der Waals surface area contributed by atoms with Crippen LogP contribution in [0.5, 0.6) is 0 Å². The molecule has 1 N–H and O–H groups in total. The molecule has 22 heavy (non-hydrogen) atoms. The normalized spacial score (nSPS) is 11.0. The molecule has 1 aromatic carbocycles. The van der Waals surface area contributed by atoms with E-state index in [9.17, 15) is 14.0 Å². The van der Waals surface area contributed by atoms with Crippen molar-refractivity contribution in [2.45, 2.75) is 6.42 Å². The first-order valence-electron chi connectivity index (χ1n) is 6.42. The third-order valence-corrected chi connectivity index (χ3v) is 4.41. The maximum atomic E-state index is 12.9. The topological polar surface area (TPSA) is 72.2 Å². The largest absolute Gasteiger partial charge is 0.476 e. The van der Waals surface area contributed by atoms with Crippen molar-refractivity contribution in [1.82, 2.24) is 9.55 Å². The fraction of sp³-hybridized carbons (Fsp3) is 0.133. The van der Waals surface area contributed by atoms with E-state index in [4.69, 9.17) is 5.11 Å². The summed E-state index contributed by atoms with van der Waals surface area (Å²) in [6.07, 6.45) is 2.00. The van der Waals surface area contributed by atoms with E-state index < -0.39 is 5.97 Å². The van der Waals surface area contributed by atoms with Crippen LogP contribution in [0.1, 0.15) is 20.9 Å². The van der Waals surface area contributed by atoms with E-state index in [1.165, 1.54) is 12.1 Å². The van der Waals surface area contributed by atoms with Gasteiger partial charge < -0.3 is 9.67 Å². The van der Waals surface area contributed by atoms with Crippen LogP contribution >= 0.6 is 11.3 Å². The Hall–Kier alpha value is -2.54. The lowest BCUT2D eigenvalue weighted by Crippen LogP contribution is -2.13. The van der Waals surface area contributed by atoms with Crippen molar-refractivity contribution in [2.24, 2.45) is 7.05 Å². The van der Waals surface area contributed by atoms with Crippen LogP contribution in [0.2, 0.25) is 0 Å². The molecular weight excluding hydrogens is 307 g/mol. The van der Waals surface area contributed by atoms with E-state index in [2.05, 4.69) is 4.98 Å². The number of carboxylic acid groups (broad SMARTS) is 1. The minimum Gasteiger partial charge on any atom is -0.476 e. The lowest BCUT2D eigenvalue weighted by Gasteiger charge is -2.05. The van der Waals surface area contributed by atoms with Gasteiger partial charge in [-0.15, -0.1) is 0 Å². The lowest BCUT2D eigenvalue weighted by atomic mass is 10.1. The smallest absolute Gasteiger partial charge is 0.365 e. The zero-order valence-electron chi connectivity index (χ0n) is 11.5. The van der Waals surface area contributed by atoms with Crippen molar-refractivity contribution < 1.29 is 14.3 Å². The van der Waals surface area contributed by atoms with Crippen molar-refractivity contribution in [1.29, 1.82) is 0 Å². The van der Waals surface area contributed by atoms with Crippen molar-refractivity contribution in [3.8, 4) is 0 Å². The first-order valence-corrected chi connectivity index (χ1v) is 7.24. The average Bonchev–Trinajstić information content (AvgIpc) is 2.93. The number of hydrogen-bond acceptors (Lipinski definition) is 4. The second-order valence-corrected chi connectivity index (χ2v) is 5.85. The molecule has 0 aliphatic rings. The third-order valence-electron chi connectivity index (χ3n) is 3.28. The molecule has 0 saturated carbocycles. The van der Waals surface area contributed by atoms with Gasteiger partial charge >= 0.3 is 5.97 Å². The van der Waals surface area contributed by atoms with Gasteiger partial charge in [-0.3, -0.25) is 4.79 Å². The molecule has 112 valence electrons. The molecule has 0 saturated heterocycles. The highest BCUT2D eigenvalue weighted by Gasteiger charge is 2.16. The average molecular weight is 318 g/mol. The number of benzene rings is 1.